The molecule has 7 nitrogen and oxygen atoms in total. The Balaban J connectivity index is 1.59. The summed E-state index contributed by atoms with van der Waals surface area (Å²) in [5.41, 5.74) is 5.44. The molecule has 1 amide bonds. The summed E-state index contributed by atoms with van der Waals surface area (Å²) < 4.78 is 7.24. The normalized spacial score (nSPS) is 16.2. The smallest absolute Gasteiger partial charge is 0.405 e. The van der Waals surface area contributed by atoms with Gasteiger partial charge in [0, 0.05) is 49.4 Å². The fourth-order valence-electron chi connectivity index (χ4n) is 3.40. The molecule has 2 N–H and O–H groups in total. The van der Waals surface area contributed by atoms with Crippen molar-refractivity contribution in [2.45, 2.75) is 35.2 Å². The molecule has 1 fully saturated rings. The van der Waals surface area contributed by atoms with Crippen LogP contribution in [0.2, 0.25) is 10.0 Å². The molecule has 1 aliphatic heterocycles. The molecular weight excluding hydrogens is 433 g/mol. The second kappa shape index (κ2) is 7.93. The van der Waals surface area contributed by atoms with Gasteiger partial charge in [0.05, 0.1) is 14.9 Å². The number of halogens is 2. The lowest BCUT2D eigenvalue weighted by Crippen LogP contribution is -2.46. The van der Waals surface area contributed by atoms with E-state index in [4.69, 9.17) is 33.7 Å². The molecule has 0 saturated carbocycles. The molecule has 1 aliphatic rings. The molecular formula is C19H19Cl2N5O2S. The second-order valence-corrected chi connectivity index (χ2v) is 8.92. The lowest BCUT2D eigenvalue weighted by atomic mass is 9.93. The summed E-state index contributed by atoms with van der Waals surface area (Å²) in [5, 5.41) is 1.02. The highest BCUT2D eigenvalue weighted by Crippen LogP contribution is 2.39. The van der Waals surface area contributed by atoms with Gasteiger partial charge in [0.25, 0.3) is 0 Å². The minimum Gasteiger partial charge on any atom is -0.443 e. The number of anilines is 1. The summed E-state index contributed by atoms with van der Waals surface area (Å²) in [7, 11) is 0. The van der Waals surface area contributed by atoms with Crippen molar-refractivity contribution in [2.75, 3.05) is 18.0 Å². The van der Waals surface area contributed by atoms with Crippen molar-refractivity contribution in [3.05, 3.63) is 46.8 Å². The Morgan fingerprint density at radius 3 is 2.72 bits per heavy atom. The van der Waals surface area contributed by atoms with Crippen LogP contribution in [0.4, 0.5) is 10.7 Å². The van der Waals surface area contributed by atoms with Crippen molar-refractivity contribution in [1.29, 1.82) is 0 Å². The van der Waals surface area contributed by atoms with E-state index in [-0.39, 0.29) is 0 Å². The first-order valence-corrected chi connectivity index (χ1v) is 10.6. The van der Waals surface area contributed by atoms with Crippen molar-refractivity contribution in [2.24, 2.45) is 5.73 Å². The molecule has 1 aromatic carbocycles. The van der Waals surface area contributed by atoms with Crippen molar-refractivity contribution in [3.8, 4) is 0 Å². The standard InChI is InChI=1S/C19H19Cl2N5O2S/c1-19(28-17(22)27)5-8-25(9-6-19)18-24-11-14(16-23-7-10-26(16)18)29-13-4-2-3-12(20)15(13)21/h2-4,7,10-11H,5-6,8-9H2,1H3,(H2,22,27). The Morgan fingerprint density at radius 1 is 1.24 bits per heavy atom. The highest BCUT2D eigenvalue weighted by atomic mass is 35.5. The minimum atomic E-state index is -0.739. The van der Waals surface area contributed by atoms with Crippen LogP contribution in [-0.4, -0.2) is 39.2 Å². The van der Waals surface area contributed by atoms with Gasteiger partial charge in [-0.05, 0) is 19.1 Å². The number of aromatic nitrogens is 3. The number of amides is 1. The average molecular weight is 452 g/mol. The third kappa shape index (κ3) is 4.10. The molecule has 10 heteroatoms. The van der Waals surface area contributed by atoms with E-state index in [1.165, 1.54) is 11.8 Å². The quantitative estimate of drug-likeness (QED) is 0.621. The number of primary amides is 1. The predicted molar refractivity (Wildman–Crippen MR) is 114 cm³/mol. The van der Waals surface area contributed by atoms with E-state index in [9.17, 15) is 4.79 Å². The number of nitrogens with zero attached hydrogens (tertiary/aromatic N) is 4. The number of fused-ring (bicyclic) bond motifs is 1. The lowest BCUT2D eigenvalue weighted by molar-refractivity contribution is 0.0125. The molecule has 0 atom stereocenters. The highest BCUT2D eigenvalue weighted by molar-refractivity contribution is 7.99. The highest BCUT2D eigenvalue weighted by Gasteiger charge is 2.34. The molecule has 3 aromatic rings. The minimum absolute atomic E-state index is 0.509. The predicted octanol–water partition coefficient (Wildman–Crippen LogP) is 4.64. The van der Waals surface area contributed by atoms with Crippen LogP contribution >= 0.6 is 35.0 Å². The largest absolute Gasteiger partial charge is 0.443 e. The number of nitrogens with two attached hydrogens (primary N) is 1. The third-order valence-electron chi connectivity index (χ3n) is 4.96. The fourth-order valence-corrected chi connectivity index (χ4v) is 4.80. The number of hydrogen-bond donors (Lipinski definition) is 1. The number of piperidine rings is 1. The van der Waals surface area contributed by atoms with Gasteiger partial charge in [0.1, 0.15) is 5.60 Å². The number of carbonyl (C=O) groups excluding carboxylic acids is 1. The molecule has 0 spiro atoms. The zero-order valence-electron chi connectivity index (χ0n) is 15.6. The van der Waals surface area contributed by atoms with Gasteiger partial charge in [0.15, 0.2) is 5.65 Å². The topological polar surface area (TPSA) is 85.8 Å². The number of rotatable bonds is 4. The van der Waals surface area contributed by atoms with Crippen LogP contribution in [0.15, 0.2) is 46.6 Å². The van der Waals surface area contributed by atoms with Gasteiger partial charge >= 0.3 is 6.09 Å². The molecule has 29 heavy (non-hydrogen) atoms. The van der Waals surface area contributed by atoms with E-state index >= 15 is 0 Å². The number of carbonyl (C=O) groups is 1. The first kappa shape index (κ1) is 20.1. The Labute approximate surface area is 182 Å². The van der Waals surface area contributed by atoms with Crippen LogP contribution in [0.5, 0.6) is 0 Å². The Bertz CT molecular complexity index is 1070. The Hall–Kier alpha value is -2.16. The third-order valence-corrected chi connectivity index (χ3v) is 6.96. The molecule has 1 saturated heterocycles. The molecule has 0 radical (unpaired) electrons. The van der Waals surface area contributed by atoms with Gasteiger partial charge in [0.2, 0.25) is 5.95 Å². The monoisotopic (exact) mass is 451 g/mol. The fraction of sp³-hybridized carbons (Fsp3) is 0.316. The van der Waals surface area contributed by atoms with Crippen molar-refractivity contribution in [3.63, 3.8) is 0 Å². The number of benzene rings is 1. The number of imidazole rings is 1. The van der Waals surface area contributed by atoms with Gasteiger partial charge in [-0.2, -0.15) is 0 Å². The van der Waals surface area contributed by atoms with E-state index in [1.807, 2.05) is 29.7 Å². The van der Waals surface area contributed by atoms with Gasteiger partial charge in [-0.15, -0.1) is 0 Å². The van der Waals surface area contributed by atoms with Gasteiger partial charge in [-0.1, -0.05) is 41.0 Å². The van der Waals surface area contributed by atoms with E-state index in [0.29, 0.717) is 36.0 Å². The Kier molecular flexibility index (Phi) is 5.50. The summed E-state index contributed by atoms with van der Waals surface area (Å²) in [6.07, 6.45) is 6.03. The van der Waals surface area contributed by atoms with E-state index in [2.05, 4.69) is 14.9 Å². The Morgan fingerprint density at radius 2 is 2.00 bits per heavy atom. The van der Waals surface area contributed by atoms with Crippen LogP contribution in [0, 0.1) is 0 Å². The van der Waals surface area contributed by atoms with Crippen LogP contribution in [-0.2, 0) is 4.74 Å². The zero-order chi connectivity index (χ0) is 20.6. The molecule has 0 unspecified atom stereocenters. The van der Waals surface area contributed by atoms with Gasteiger partial charge < -0.3 is 15.4 Å². The second-order valence-electron chi connectivity index (χ2n) is 7.06. The molecule has 152 valence electrons. The van der Waals surface area contributed by atoms with E-state index < -0.39 is 11.7 Å². The van der Waals surface area contributed by atoms with Crippen LogP contribution in [0.3, 0.4) is 0 Å². The van der Waals surface area contributed by atoms with Crippen molar-refractivity contribution >= 4 is 52.7 Å². The molecule has 0 bridgehead atoms. The first-order valence-electron chi connectivity index (χ1n) is 9.04. The van der Waals surface area contributed by atoms with Crippen LogP contribution < -0.4 is 10.6 Å². The van der Waals surface area contributed by atoms with Crippen LogP contribution in [0.1, 0.15) is 19.8 Å². The lowest BCUT2D eigenvalue weighted by Gasteiger charge is -2.38. The number of hydrogen-bond acceptors (Lipinski definition) is 6. The summed E-state index contributed by atoms with van der Waals surface area (Å²) in [6, 6.07) is 5.53. The van der Waals surface area contributed by atoms with Crippen molar-refractivity contribution < 1.29 is 9.53 Å². The summed E-state index contributed by atoms with van der Waals surface area (Å²) in [6.45, 7) is 3.29. The first-order chi connectivity index (χ1) is 13.9. The summed E-state index contributed by atoms with van der Waals surface area (Å²) in [4.78, 5) is 24.2. The van der Waals surface area contributed by atoms with Crippen LogP contribution in [0.25, 0.3) is 5.65 Å². The summed E-state index contributed by atoms with van der Waals surface area (Å²) in [5.74, 6) is 0.792. The van der Waals surface area contributed by atoms with E-state index in [0.717, 1.165) is 21.4 Å². The van der Waals surface area contributed by atoms with Gasteiger partial charge in [-0.3, -0.25) is 4.40 Å². The van der Waals surface area contributed by atoms with E-state index in [1.54, 1.807) is 18.5 Å². The number of ether oxygens (including phenoxy) is 1. The van der Waals surface area contributed by atoms with Crippen molar-refractivity contribution in [1.82, 2.24) is 14.4 Å². The maximum atomic E-state index is 11.1. The van der Waals surface area contributed by atoms with Gasteiger partial charge in [-0.25, -0.2) is 14.8 Å². The molecule has 2 aromatic heterocycles. The average Bonchev–Trinajstić information content (AvgIpc) is 3.16. The molecule has 0 aliphatic carbocycles. The zero-order valence-corrected chi connectivity index (χ0v) is 18.0. The molecule has 4 rings (SSSR count). The summed E-state index contributed by atoms with van der Waals surface area (Å²) >= 11 is 13.9. The maximum Gasteiger partial charge on any atom is 0.405 e. The SMILES string of the molecule is CC1(OC(N)=O)CCN(c2ncc(Sc3cccc(Cl)c3Cl)c3nccn23)CC1. The maximum absolute atomic E-state index is 11.1. The molecule has 3 heterocycles.